The van der Waals surface area contributed by atoms with E-state index in [1.807, 2.05) is 0 Å². The van der Waals surface area contributed by atoms with Crippen LogP contribution in [-0.2, 0) is 13.0 Å². The lowest BCUT2D eigenvalue weighted by Crippen LogP contribution is -2.32. The van der Waals surface area contributed by atoms with E-state index in [2.05, 4.69) is 42.9 Å². The van der Waals surface area contributed by atoms with E-state index in [9.17, 15) is 0 Å². The van der Waals surface area contributed by atoms with Crippen molar-refractivity contribution in [3.63, 3.8) is 0 Å². The van der Waals surface area contributed by atoms with Crippen LogP contribution in [0.5, 0.6) is 0 Å². The van der Waals surface area contributed by atoms with Crippen molar-refractivity contribution in [2.24, 2.45) is 0 Å². The molecule has 0 saturated carbocycles. The van der Waals surface area contributed by atoms with Crippen LogP contribution < -0.4 is 4.57 Å². The van der Waals surface area contributed by atoms with Gasteiger partial charge >= 0.3 is 0 Å². The Morgan fingerprint density at radius 1 is 0.609 bits per heavy atom. The van der Waals surface area contributed by atoms with Gasteiger partial charge in [-0.1, -0.05) is 78.1 Å². The van der Waals surface area contributed by atoms with E-state index >= 15 is 0 Å². The Labute approximate surface area is 145 Å². The van der Waals surface area contributed by atoms with Crippen LogP contribution in [0.2, 0.25) is 0 Å². The van der Waals surface area contributed by atoms with Gasteiger partial charge in [-0.05, 0) is 24.8 Å². The number of pyridine rings is 1. The number of hydrogen-bond donors (Lipinski definition) is 0. The minimum absolute atomic E-state index is 1.18. The lowest BCUT2D eigenvalue weighted by Gasteiger charge is -2.03. The van der Waals surface area contributed by atoms with Crippen LogP contribution in [0.4, 0.5) is 0 Å². The van der Waals surface area contributed by atoms with Gasteiger partial charge in [0.1, 0.15) is 6.54 Å². The summed E-state index contributed by atoms with van der Waals surface area (Å²) in [5.74, 6) is 0. The summed E-state index contributed by atoms with van der Waals surface area (Å²) in [6, 6.07) is 4.65. The Hall–Kier alpha value is -0.850. The van der Waals surface area contributed by atoms with Crippen LogP contribution >= 0.6 is 0 Å². The van der Waals surface area contributed by atoms with Crippen molar-refractivity contribution in [3.8, 4) is 0 Å². The molecule has 1 heteroatoms. The van der Waals surface area contributed by atoms with E-state index in [4.69, 9.17) is 0 Å². The fourth-order valence-corrected chi connectivity index (χ4v) is 3.16. The summed E-state index contributed by atoms with van der Waals surface area (Å²) < 4.78 is 2.35. The first kappa shape index (κ1) is 20.2. The monoisotopic (exact) mass is 318 g/mol. The van der Waals surface area contributed by atoms with Crippen LogP contribution in [0, 0.1) is 0 Å². The summed E-state index contributed by atoms with van der Waals surface area (Å²) in [4.78, 5) is 0. The second kappa shape index (κ2) is 14.7. The molecule has 23 heavy (non-hydrogen) atoms. The minimum Gasteiger partial charge on any atom is -0.205 e. The standard InChI is InChI=1S/C22H40N/c1-3-5-7-9-10-11-12-14-16-22-17-20-23(21-18-22)19-15-13-8-6-4-2/h17-18,20-21H,3-16,19H2,1-2H3/q+1. The van der Waals surface area contributed by atoms with Crippen molar-refractivity contribution in [1.29, 1.82) is 0 Å². The Balaban J connectivity index is 2.03. The minimum atomic E-state index is 1.18. The zero-order valence-corrected chi connectivity index (χ0v) is 15.9. The molecule has 0 aliphatic rings. The van der Waals surface area contributed by atoms with Crippen LogP contribution in [0.1, 0.15) is 103 Å². The molecule has 1 aromatic heterocycles. The highest BCUT2D eigenvalue weighted by molar-refractivity contribution is 5.07. The third-order valence-electron chi connectivity index (χ3n) is 4.80. The summed E-state index contributed by atoms with van der Waals surface area (Å²) in [7, 11) is 0. The molecule has 0 fully saturated rings. The molecule has 132 valence electrons. The van der Waals surface area contributed by atoms with E-state index in [0.717, 1.165) is 0 Å². The maximum atomic E-state index is 2.35. The second-order valence-electron chi connectivity index (χ2n) is 7.08. The van der Waals surface area contributed by atoms with Gasteiger partial charge < -0.3 is 0 Å². The van der Waals surface area contributed by atoms with Crippen molar-refractivity contribution in [2.75, 3.05) is 0 Å². The fraction of sp³-hybridized carbons (Fsp3) is 0.773. The lowest BCUT2D eigenvalue weighted by atomic mass is 10.0. The Bertz CT molecular complexity index is 355. The van der Waals surface area contributed by atoms with Crippen molar-refractivity contribution in [1.82, 2.24) is 0 Å². The molecule has 0 atom stereocenters. The molecule has 1 nitrogen and oxygen atoms in total. The van der Waals surface area contributed by atoms with Crippen molar-refractivity contribution in [3.05, 3.63) is 30.1 Å². The molecule has 0 radical (unpaired) electrons. The molecule has 1 heterocycles. The number of hydrogen-bond acceptors (Lipinski definition) is 0. The first-order valence-electron chi connectivity index (χ1n) is 10.3. The zero-order chi connectivity index (χ0) is 16.6. The fourth-order valence-electron chi connectivity index (χ4n) is 3.16. The van der Waals surface area contributed by atoms with Crippen LogP contribution in [0.3, 0.4) is 0 Å². The topological polar surface area (TPSA) is 3.88 Å². The molecule has 0 saturated heterocycles. The number of nitrogens with zero attached hydrogens (tertiary/aromatic N) is 1. The van der Waals surface area contributed by atoms with E-state index in [-0.39, 0.29) is 0 Å². The molecular formula is C22H40N+. The third-order valence-corrected chi connectivity index (χ3v) is 4.80. The van der Waals surface area contributed by atoms with E-state index in [1.54, 1.807) is 0 Å². The Morgan fingerprint density at radius 2 is 1.09 bits per heavy atom. The largest absolute Gasteiger partial charge is 0.205 e. The van der Waals surface area contributed by atoms with E-state index in [0.29, 0.717) is 0 Å². The molecule has 0 amide bonds. The second-order valence-corrected chi connectivity index (χ2v) is 7.08. The van der Waals surface area contributed by atoms with Crippen molar-refractivity contribution in [2.45, 2.75) is 110 Å². The maximum Gasteiger partial charge on any atom is 0.169 e. The van der Waals surface area contributed by atoms with Gasteiger partial charge in [0.15, 0.2) is 12.4 Å². The predicted molar refractivity (Wildman–Crippen MR) is 102 cm³/mol. The summed E-state index contributed by atoms with van der Waals surface area (Å²) in [5.41, 5.74) is 1.51. The van der Waals surface area contributed by atoms with Gasteiger partial charge in [-0.15, -0.1) is 0 Å². The Kier molecular flexibility index (Phi) is 12.9. The molecule has 0 N–H and O–H groups in total. The van der Waals surface area contributed by atoms with Gasteiger partial charge in [-0.25, -0.2) is 4.57 Å². The third kappa shape index (κ3) is 11.3. The van der Waals surface area contributed by atoms with E-state index < -0.39 is 0 Å². The lowest BCUT2D eigenvalue weighted by molar-refractivity contribution is -0.697. The highest BCUT2D eigenvalue weighted by Crippen LogP contribution is 2.10. The molecule has 1 aromatic rings. The Morgan fingerprint density at radius 3 is 1.65 bits per heavy atom. The first-order chi connectivity index (χ1) is 11.4. The van der Waals surface area contributed by atoms with Crippen LogP contribution in [0.25, 0.3) is 0 Å². The van der Waals surface area contributed by atoms with Gasteiger partial charge in [0.05, 0.1) is 0 Å². The summed E-state index contributed by atoms with van der Waals surface area (Å²) in [6.07, 6.45) is 23.9. The van der Waals surface area contributed by atoms with Gasteiger partial charge in [0.2, 0.25) is 0 Å². The molecule has 1 rings (SSSR count). The highest BCUT2D eigenvalue weighted by atomic mass is 14.9. The molecule has 0 aliphatic carbocycles. The average molecular weight is 319 g/mol. The smallest absolute Gasteiger partial charge is 0.169 e. The molecule has 0 spiro atoms. The first-order valence-corrected chi connectivity index (χ1v) is 10.3. The zero-order valence-electron chi connectivity index (χ0n) is 15.9. The van der Waals surface area contributed by atoms with Crippen molar-refractivity contribution >= 4 is 0 Å². The summed E-state index contributed by atoms with van der Waals surface area (Å²) >= 11 is 0. The van der Waals surface area contributed by atoms with Gasteiger partial charge in [-0.3, -0.25) is 0 Å². The normalized spacial score (nSPS) is 11.0. The van der Waals surface area contributed by atoms with Gasteiger partial charge in [-0.2, -0.15) is 0 Å². The maximum absolute atomic E-state index is 2.35. The number of aromatic nitrogens is 1. The molecule has 0 aliphatic heterocycles. The quantitative estimate of drug-likeness (QED) is 0.252. The van der Waals surface area contributed by atoms with Crippen molar-refractivity contribution < 1.29 is 4.57 Å². The number of rotatable bonds is 15. The number of aryl methyl sites for hydroxylation is 2. The average Bonchev–Trinajstić information content (AvgIpc) is 2.58. The molecule has 0 aromatic carbocycles. The van der Waals surface area contributed by atoms with E-state index in [1.165, 1.54) is 102 Å². The summed E-state index contributed by atoms with van der Waals surface area (Å²) in [5, 5.41) is 0. The van der Waals surface area contributed by atoms with Crippen LogP contribution in [0.15, 0.2) is 24.5 Å². The highest BCUT2D eigenvalue weighted by Gasteiger charge is 2.01. The SMILES string of the molecule is CCCCCCCCCCc1cc[n+](CCCCCCC)cc1. The predicted octanol–water partition coefficient (Wildman–Crippen LogP) is 6.63. The molecule has 0 bridgehead atoms. The summed E-state index contributed by atoms with van der Waals surface area (Å²) in [6.45, 7) is 5.75. The number of unbranched alkanes of at least 4 members (excludes halogenated alkanes) is 11. The van der Waals surface area contributed by atoms with Crippen LogP contribution in [-0.4, -0.2) is 0 Å². The van der Waals surface area contributed by atoms with Gasteiger partial charge in [0, 0.05) is 18.6 Å². The molecule has 0 unspecified atom stereocenters. The molecular weight excluding hydrogens is 278 g/mol. The van der Waals surface area contributed by atoms with Gasteiger partial charge in [0.25, 0.3) is 0 Å².